The Labute approximate surface area is 171 Å². The largest absolute Gasteiger partial charge is 0.349 e. The Kier molecular flexibility index (Phi) is 6.27. The van der Waals surface area contributed by atoms with E-state index in [4.69, 9.17) is 0 Å². The van der Waals surface area contributed by atoms with Gasteiger partial charge in [-0.2, -0.15) is 4.31 Å². The lowest BCUT2D eigenvalue weighted by Crippen LogP contribution is -2.45. The zero-order chi connectivity index (χ0) is 20.5. The summed E-state index contributed by atoms with van der Waals surface area (Å²) in [6.07, 6.45) is 1.40. The summed E-state index contributed by atoms with van der Waals surface area (Å²) in [6.45, 7) is 8.90. The summed E-state index contributed by atoms with van der Waals surface area (Å²) in [4.78, 5) is 12.9. The van der Waals surface area contributed by atoms with Crippen molar-refractivity contribution in [2.75, 3.05) is 13.1 Å². The minimum atomic E-state index is -3.51. The maximum Gasteiger partial charge on any atom is 0.252 e. The molecule has 0 unspecified atom stereocenters. The predicted molar refractivity (Wildman–Crippen MR) is 113 cm³/mol. The molecule has 1 saturated heterocycles. The van der Waals surface area contributed by atoms with Gasteiger partial charge >= 0.3 is 0 Å². The van der Waals surface area contributed by atoms with Crippen LogP contribution >= 0.6 is 11.3 Å². The lowest BCUT2D eigenvalue weighted by atomic mass is 9.95. The van der Waals surface area contributed by atoms with Crippen LogP contribution in [0.4, 0.5) is 0 Å². The number of benzene rings is 1. The third-order valence-corrected chi connectivity index (χ3v) is 8.79. The molecule has 7 heteroatoms. The third kappa shape index (κ3) is 4.31. The van der Waals surface area contributed by atoms with Crippen molar-refractivity contribution in [3.05, 3.63) is 51.9 Å². The van der Waals surface area contributed by atoms with Crippen LogP contribution in [0, 0.1) is 26.7 Å². The molecule has 0 saturated carbocycles. The van der Waals surface area contributed by atoms with E-state index >= 15 is 0 Å². The highest BCUT2D eigenvalue weighted by molar-refractivity contribution is 7.91. The molecule has 1 aliphatic rings. The van der Waals surface area contributed by atoms with Gasteiger partial charge in [-0.05, 0) is 74.2 Å². The summed E-state index contributed by atoms with van der Waals surface area (Å²) in [5.41, 5.74) is 4.70. The summed E-state index contributed by atoms with van der Waals surface area (Å²) >= 11 is 1.21. The first-order valence-corrected chi connectivity index (χ1v) is 11.9. The lowest BCUT2D eigenvalue weighted by molar-refractivity contribution is -0.126. The molecule has 1 aromatic heterocycles. The van der Waals surface area contributed by atoms with Crippen molar-refractivity contribution in [1.29, 1.82) is 0 Å². The number of rotatable bonds is 5. The lowest BCUT2D eigenvalue weighted by Gasteiger charge is -2.31. The average Bonchev–Trinajstić information content (AvgIpc) is 3.20. The normalized spacial score (nSPS) is 19.4. The zero-order valence-electron chi connectivity index (χ0n) is 16.9. The number of piperidine rings is 1. The molecular formula is C21H28N2O3S2. The van der Waals surface area contributed by atoms with Gasteiger partial charge in [0, 0.05) is 13.1 Å². The fourth-order valence-corrected chi connectivity index (χ4v) is 6.44. The van der Waals surface area contributed by atoms with Crippen molar-refractivity contribution < 1.29 is 13.2 Å². The van der Waals surface area contributed by atoms with Crippen molar-refractivity contribution in [1.82, 2.24) is 9.62 Å². The molecule has 152 valence electrons. The van der Waals surface area contributed by atoms with Crippen molar-refractivity contribution in [2.45, 2.75) is 50.8 Å². The van der Waals surface area contributed by atoms with Crippen LogP contribution in [-0.4, -0.2) is 31.7 Å². The van der Waals surface area contributed by atoms with Crippen LogP contribution in [0.3, 0.4) is 0 Å². The van der Waals surface area contributed by atoms with E-state index in [2.05, 4.69) is 38.2 Å². The Bertz CT molecular complexity index is 952. The zero-order valence-corrected chi connectivity index (χ0v) is 18.5. The second-order valence-electron chi connectivity index (χ2n) is 7.66. The van der Waals surface area contributed by atoms with Gasteiger partial charge in [-0.15, -0.1) is 11.3 Å². The highest BCUT2D eigenvalue weighted by atomic mass is 32.2. The summed E-state index contributed by atoms with van der Waals surface area (Å²) in [6, 6.07) is 7.51. The Morgan fingerprint density at radius 3 is 2.61 bits per heavy atom. The van der Waals surface area contributed by atoms with Crippen LogP contribution in [0.15, 0.2) is 33.9 Å². The quantitative estimate of drug-likeness (QED) is 0.796. The second-order valence-corrected chi connectivity index (χ2v) is 10.8. The molecule has 2 atom stereocenters. The number of aryl methyl sites for hydroxylation is 3. The Morgan fingerprint density at radius 2 is 1.93 bits per heavy atom. The van der Waals surface area contributed by atoms with Crippen molar-refractivity contribution >= 4 is 27.3 Å². The monoisotopic (exact) mass is 420 g/mol. The second kappa shape index (κ2) is 8.35. The van der Waals surface area contributed by atoms with E-state index in [1.807, 2.05) is 6.92 Å². The molecular weight excluding hydrogens is 392 g/mol. The first-order valence-electron chi connectivity index (χ1n) is 9.62. The molecule has 2 heterocycles. The molecule has 5 nitrogen and oxygen atoms in total. The summed E-state index contributed by atoms with van der Waals surface area (Å²) < 4.78 is 27.4. The SMILES string of the molecule is Cc1cc(C)c([C@@H](C)NC(=O)[C@@H]2CCCN(S(=O)(=O)c3cccs3)C2)cc1C. The van der Waals surface area contributed by atoms with Crippen LogP contribution in [0.25, 0.3) is 0 Å². The highest BCUT2D eigenvalue weighted by Gasteiger charge is 2.34. The van der Waals surface area contributed by atoms with E-state index in [0.29, 0.717) is 23.6 Å². The number of sulfonamides is 1. The van der Waals surface area contributed by atoms with Gasteiger partial charge in [0.15, 0.2) is 0 Å². The molecule has 1 amide bonds. The van der Waals surface area contributed by atoms with Gasteiger partial charge in [-0.3, -0.25) is 4.79 Å². The van der Waals surface area contributed by atoms with Crippen molar-refractivity contribution in [3.63, 3.8) is 0 Å². The molecule has 0 spiro atoms. The van der Waals surface area contributed by atoms with Gasteiger partial charge in [-0.25, -0.2) is 8.42 Å². The number of nitrogens with zero attached hydrogens (tertiary/aromatic N) is 1. The topological polar surface area (TPSA) is 66.5 Å². The fraction of sp³-hybridized carbons (Fsp3) is 0.476. The van der Waals surface area contributed by atoms with E-state index in [1.54, 1.807) is 17.5 Å². The minimum absolute atomic E-state index is 0.0730. The predicted octanol–water partition coefficient (Wildman–Crippen LogP) is 3.95. The number of carbonyl (C=O) groups is 1. The average molecular weight is 421 g/mol. The summed E-state index contributed by atoms with van der Waals surface area (Å²) in [7, 11) is -3.51. The van der Waals surface area contributed by atoms with E-state index in [1.165, 1.54) is 26.8 Å². The van der Waals surface area contributed by atoms with Gasteiger partial charge in [0.05, 0.1) is 12.0 Å². The number of carbonyl (C=O) groups excluding carboxylic acids is 1. The Balaban J connectivity index is 1.70. The number of hydrogen-bond donors (Lipinski definition) is 1. The van der Waals surface area contributed by atoms with Crippen LogP contribution in [0.5, 0.6) is 0 Å². The molecule has 2 aromatic rings. The number of nitrogens with one attached hydrogen (secondary N) is 1. The van der Waals surface area contributed by atoms with Crippen LogP contribution in [0.2, 0.25) is 0 Å². The van der Waals surface area contributed by atoms with Crippen LogP contribution < -0.4 is 5.32 Å². The summed E-state index contributed by atoms with van der Waals surface area (Å²) in [5, 5.41) is 4.86. The molecule has 1 N–H and O–H groups in total. The van der Waals surface area contributed by atoms with Gasteiger partial charge in [0.2, 0.25) is 5.91 Å². The third-order valence-electron chi connectivity index (χ3n) is 5.55. The molecule has 3 rings (SSSR count). The minimum Gasteiger partial charge on any atom is -0.349 e. The molecule has 0 radical (unpaired) electrons. The molecule has 1 aliphatic heterocycles. The van der Waals surface area contributed by atoms with Crippen molar-refractivity contribution in [3.8, 4) is 0 Å². The van der Waals surface area contributed by atoms with Crippen molar-refractivity contribution in [2.24, 2.45) is 5.92 Å². The van der Waals surface area contributed by atoms with Crippen LogP contribution in [0.1, 0.15) is 48.1 Å². The Morgan fingerprint density at radius 1 is 1.21 bits per heavy atom. The Hall–Kier alpha value is -1.70. The first kappa shape index (κ1) is 21.0. The molecule has 28 heavy (non-hydrogen) atoms. The number of hydrogen-bond acceptors (Lipinski definition) is 4. The van der Waals surface area contributed by atoms with Gasteiger partial charge in [0.1, 0.15) is 4.21 Å². The summed E-state index contributed by atoms with van der Waals surface area (Å²) in [5.74, 6) is -0.394. The number of thiophene rings is 1. The fourth-order valence-electron chi connectivity index (χ4n) is 3.77. The molecule has 0 bridgehead atoms. The van der Waals surface area contributed by atoms with Gasteiger partial charge in [-0.1, -0.05) is 18.2 Å². The molecule has 1 aromatic carbocycles. The van der Waals surface area contributed by atoms with Crippen LogP contribution in [-0.2, 0) is 14.8 Å². The number of amides is 1. The highest BCUT2D eigenvalue weighted by Crippen LogP contribution is 2.27. The van der Waals surface area contributed by atoms with E-state index in [0.717, 1.165) is 11.1 Å². The first-order chi connectivity index (χ1) is 13.2. The van der Waals surface area contributed by atoms with E-state index < -0.39 is 10.0 Å². The van der Waals surface area contributed by atoms with E-state index in [9.17, 15) is 13.2 Å². The molecule has 0 aliphatic carbocycles. The molecule has 1 fully saturated rings. The maximum atomic E-state index is 12.9. The standard InChI is InChI=1S/C21H28N2O3S2/c1-14-11-16(3)19(12-15(14)2)17(4)22-21(24)18-7-5-9-23(13-18)28(25,26)20-8-6-10-27-20/h6,8,10-12,17-18H,5,7,9,13H2,1-4H3,(H,22,24)/t17-,18-/m1/s1. The van der Waals surface area contributed by atoms with E-state index in [-0.39, 0.29) is 24.4 Å². The maximum absolute atomic E-state index is 12.9. The smallest absolute Gasteiger partial charge is 0.252 e. The van der Waals surface area contributed by atoms with Gasteiger partial charge in [0.25, 0.3) is 10.0 Å². The van der Waals surface area contributed by atoms with Gasteiger partial charge < -0.3 is 5.32 Å².